The standard InChI is InChI=1S/C28H22ClNO6/c1-3-34-25-16-19(9-13-24(25)35-26(31)14-10-18-7-11-21(29)12-8-18)15-23-28(32)36-27(30-23)20-5-4-6-22(17-20)33-2/h4-17H,3H2,1-2H3/b14-10+,23-15-. The van der Waals surface area contributed by atoms with Crippen molar-refractivity contribution in [3.8, 4) is 17.2 Å². The fraction of sp³-hybridized carbons (Fsp3) is 0.107. The maximum Gasteiger partial charge on any atom is 0.363 e. The van der Waals surface area contributed by atoms with Gasteiger partial charge in [0.1, 0.15) is 5.75 Å². The third kappa shape index (κ3) is 6.20. The lowest BCUT2D eigenvalue weighted by molar-refractivity contribution is -0.130. The zero-order valence-electron chi connectivity index (χ0n) is 19.6. The number of carbonyl (C=O) groups is 2. The van der Waals surface area contributed by atoms with Crippen LogP contribution in [0.15, 0.2) is 83.5 Å². The van der Waals surface area contributed by atoms with Crippen LogP contribution in [-0.2, 0) is 14.3 Å². The fourth-order valence-electron chi connectivity index (χ4n) is 3.29. The van der Waals surface area contributed by atoms with E-state index in [-0.39, 0.29) is 17.3 Å². The second-order valence-corrected chi connectivity index (χ2v) is 7.95. The van der Waals surface area contributed by atoms with Crippen molar-refractivity contribution >= 4 is 41.6 Å². The van der Waals surface area contributed by atoms with Gasteiger partial charge in [0.2, 0.25) is 5.90 Å². The van der Waals surface area contributed by atoms with E-state index >= 15 is 0 Å². The molecule has 0 fully saturated rings. The number of methoxy groups -OCH3 is 1. The smallest absolute Gasteiger partial charge is 0.363 e. The molecule has 0 N–H and O–H groups in total. The van der Waals surface area contributed by atoms with Crippen LogP contribution in [0.5, 0.6) is 17.2 Å². The van der Waals surface area contributed by atoms with Gasteiger partial charge in [-0.1, -0.05) is 35.9 Å². The first-order valence-electron chi connectivity index (χ1n) is 11.0. The van der Waals surface area contributed by atoms with Crippen molar-refractivity contribution in [2.24, 2.45) is 4.99 Å². The number of carbonyl (C=O) groups excluding carboxylic acids is 2. The van der Waals surface area contributed by atoms with E-state index in [0.29, 0.717) is 34.3 Å². The molecule has 0 saturated heterocycles. The van der Waals surface area contributed by atoms with Crippen molar-refractivity contribution in [3.05, 3.63) is 100 Å². The first-order chi connectivity index (χ1) is 17.4. The van der Waals surface area contributed by atoms with Gasteiger partial charge in [0.05, 0.1) is 13.7 Å². The average molecular weight is 504 g/mol. The summed E-state index contributed by atoms with van der Waals surface area (Å²) in [5, 5.41) is 0.610. The van der Waals surface area contributed by atoms with Crippen LogP contribution in [0, 0.1) is 0 Å². The summed E-state index contributed by atoms with van der Waals surface area (Å²) >= 11 is 5.88. The van der Waals surface area contributed by atoms with Gasteiger partial charge in [-0.15, -0.1) is 0 Å². The van der Waals surface area contributed by atoms with Gasteiger partial charge in [0.25, 0.3) is 0 Å². The highest BCUT2D eigenvalue weighted by Crippen LogP contribution is 2.30. The Bertz CT molecular complexity index is 1380. The lowest BCUT2D eigenvalue weighted by Crippen LogP contribution is -2.06. The van der Waals surface area contributed by atoms with Crippen molar-refractivity contribution in [3.63, 3.8) is 0 Å². The normalized spacial score (nSPS) is 14.0. The van der Waals surface area contributed by atoms with Crippen molar-refractivity contribution < 1.29 is 28.5 Å². The molecule has 0 spiro atoms. The maximum atomic E-state index is 12.4. The number of benzene rings is 3. The van der Waals surface area contributed by atoms with E-state index < -0.39 is 11.9 Å². The van der Waals surface area contributed by atoms with Crippen molar-refractivity contribution in [2.75, 3.05) is 13.7 Å². The van der Waals surface area contributed by atoms with E-state index in [2.05, 4.69) is 4.99 Å². The summed E-state index contributed by atoms with van der Waals surface area (Å²) in [5.74, 6) is 0.270. The summed E-state index contributed by atoms with van der Waals surface area (Å²) in [6.07, 6.45) is 4.52. The Morgan fingerprint density at radius 3 is 2.56 bits per heavy atom. The minimum absolute atomic E-state index is 0.130. The fourth-order valence-corrected chi connectivity index (χ4v) is 3.42. The lowest BCUT2D eigenvalue weighted by Gasteiger charge is -2.10. The van der Waals surface area contributed by atoms with E-state index in [9.17, 15) is 9.59 Å². The summed E-state index contributed by atoms with van der Waals surface area (Å²) in [7, 11) is 1.56. The predicted octanol–water partition coefficient (Wildman–Crippen LogP) is 5.71. The largest absolute Gasteiger partial charge is 0.497 e. The molecule has 0 saturated carbocycles. The highest BCUT2D eigenvalue weighted by atomic mass is 35.5. The van der Waals surface area contributed by atoms with E-state index in [0.717, 1.165) is 5.56 Å². The number of hydrogen-bond donors (Lipinski definition) is 0. The van der Waals surface area contributed by atoms with Crippen LogP contribution in [0.4, 0.5) is 0 Å². The predicted molar refractivity (Wildman–Crippen MR) is 137 cm³/mol. The molecule has 3 aromatic rings. The third-order valence-electron chi connectivity index (χ3n) is 5.00. The molecule has 0 bridgehead atoms. The van der Waals surface area contributed by atoms with Gasteiger partial charge in [-0.3, -0.25) is 0 Å². The molecule has 0 aromatic heterocycles. The zero-order chi connectivity index (χ0) is 25.5. The SMILES string of the molecule is CCOc1cc(/C=C2\N=C(c3cccc(OC)c3)OC2=O)ccc1OC(=O)/C=C/c1ccc(Cl)cc1. The third-order valence-corrected chi connectivity index (χ3v) is 5.25. The number of ether oxygens (including phenoxy) is 4. The number of nitrogens with zero attached hydrogens (tertiary/aromatic N) is 1. The van der Waals surface area contributed by atoms with Crippen LogP contribution < -0.4 is 14.2 Å². The summed E-state index contributed by atoms with van der Waals surface area (Å²) in [4.78, 5) is 29.1. The lowest BCUT2D eigenvalue weighted by atomic mass is 10.1. The first-order valence-corrected chi connectivity index (χ1v) is 11.4. The molecule has 4 rings (SSSR count). The van der Waals surface area contributed by atoms with Crippen LogP contribution in [0.2, 0.25) is 5.02 Å². The Labute approximate surface area is 213 Å². The summed E-state index contributed by atoms with van der Waals surface area (Å²) in [5.41, 5.74) is 2.18. The Morgan fingerprint density at radius 2 is 1.81 bits per heavy atom. The number of halogens is 1. The van der Waals surface area contributed by atoms with Gasteiger partial charge in [0.15, 0.2) is 17.2 Å². The Balaban J connectivity index is 1.53. The number of esters is 2. The van der Waals surface area contributed by atoms with Crippen molar-refractivity contribution in [1.82, 2.24) is 0 Å². The number of aliphatic imine (C=N–C) groups is 1. The maximum absolute atomic E-state index is 12.4. The number of cyclic esters (lactones) is 1. The highest BCUT2D eigenvalue weighted by Gasteiger charge is 2.24. The Kier molecular flexibility index (Phi) is 7.82. The minimum Gasteiger partial charge on any atom is -0.497 e. The van der Waals surface area contributed by atoms with Gasteiger partial charge in [-0.25, -0.2) is 14.6 Å². The molecule has 0 amide bonds. The van der Waals surface area contributed by atoms with Crippen LogP contribution in [0.3, 0.4) is 0 Å². The molecule has 0 atom stereocenters. The molecular weight excluding hydrogens is 482 g/mol. The minimum atomic E-state index is -0.575. The second kappa shape index (κ2) is 11.4. The van der Waals surface area contributed by atoms with Crippen molar-refractivity contribution in [1.29, 1.82) is 0 Å². The van der Waals surface area contributed by atoms with Gasteiger partial charge in [-0.2, -0.15) is 0 Å². The Morgan fingerprint density at radius 1 is 1.03 bits per heavy atom. The number of hydrogen-bond acceptors (Lipinski definition) is 7. The van der Waals surface area contributed by atoms with Gasteiger partial charge < -0.3 is 18.9 Å². The monoisotopic (exact) mass is 503 g/mol. The molecule has 8 heteroatoms. The van der Waals surface area contributed by atoms with E-state index in [4.69, 9.17) is 30.5 Å². The Hall–Kier alpha value is -4.36. The van der Waals surface area contributed by atoms with Crippen LogP contribution in [-0.4, -0.2) is 31.6 Å². The quantitative estimate of drug-likeness (QED) is 0.222. The van der Waals surface area contributed by atoms with E-state index in [1.54, 1.807) is 86.0 Å². The molecule has 1 aliphatic rings. The summed E-state index contributed by atoms with van der Waals surface area (Å²) in [6, 6.07) is 19.1. The van der Waals surface area contributed by atoms with Crippen LogP contribution in [0.25, 0.3) is 12.2 Å². The summed E-state index contributed by atoms with van der Waals surface area (Å²) < 4.78 is 21.6. The molecule has 36 heavy (non-hydrogen) atoms. The molecule has 0 aliphatic carbocycles. The molecule has 0 radical (unpaired) electrons. The summed E-state index contributed by atoms with van der Waals surface area (Å²) in [6.45, 7) is 2.17. The first kappa shape index (κ1) is 24.8. The molecule has 7 nitrogen and oxygen atoms in total. The second-order valence-electron chi connectivity index (χ2n) is 7.51. The van der Waals surface area contributed by atoms with Crippen LogP contribution in [0.1, 0.15) is 23.6 Å². The van der Waals surface area contributed by atoms with Gasteiger partial charge in [-0.05, 0) is 72.7 Å². The zero-order valence-corrected chi connectivity index (χ0v) is 20.3. The van der Waals surface area contributed by atoms with E-state index in [1.807, 2.05) is 6.92 Å². The molecule has 1 aliphatic heterocycles. The average Bonchev–Trinajstić information content (AvgIpc) is 3.25. The van der Waals surface area contributed by atoms with Gasteiger partial charge in [0, 0.05) is 16.7 Å². The van der Waals surface area contributed by atoms with Gasteiger partial charge >= 0.3 is 11.9 Å². The number of rotatable bonds is 8. The molecule has 1 heterocycles. The van der Waals surface area contributed by atoms with Crippen LogP contribution >= 0.6 is 11.6 Å². The molecule has 182 valence electrons. The molecular formula is C28H22ClNO6. The highest BCUT2D eigenvalue weighted by molar-refractivity contribution is 6.30. The van der Waals surface area contributed by atoms with Crippen molar-refractivity contribution in [2.45, 2.75) is 6.92 Å². The molecule has 3 aromatic carbocycles. The van der Waals surface area contributed by atoms with E-state index in [1.165, 1.54) is 6.08 Å². The molecule has 0 unspecified atom stereocenters. The topological polar surface area (TPSA) is 83.4 Å².